The third kappa shape index (κ3) is 3.35. The van der Waals surface area contributed by atoms with Crippen molar-refractivity contribution in [2.45, 2.75) is 18.9 Å². The number of hydrogen-bond acceptors (Lipinski definition) is 2. The van der Waals surface area contributed by atoms with Gasteiger partial charge in [-0.25, -0.2) is 0 Å². The minimum atomic E-state index is 0.564. The molecule has 3 nitrogen and oxygen atoms in total. The van der Waals surface area contributed by atoms with E-state index in [0.717, 1.165) is 15.9 Å². The fourth-order valence-electron chi connectivity index (χ4n) is 1.33. The third-order valence-corrected chi connectivity index (χ3v) is 2.96. The van der Waals surface area contributed by atoms with Gasteiger partial charge in [0.25, 0.3) is 0 Å². The molecule has 5 heteroatoms. The van der Waals surface area contributed by atoms with Crippen molar-refractivity contribution in [3.05, 3.63) is 22.7 Å². The van der Waals surface area contributed by atoms with Crippen LogP contribution >= 0.6 is 28.1 Å². The molecule has 0 saturated heterocycles. The predicted octanol–water partition coefficient (Wildman–Crippen LogP) is 2.91. The lowest BCUT2D eigenvalue weighted by Crippen LogP contribution is -2.30. The summed E-state index contributed by atoms with van der Waals surface area (Å²) in [5, 5.41) is 7.03. The molecule has 1 fully saturated rings. The van der Waals surface area contributed by atoms with Gasteiger partial charge in [-0.3, -0.25) is 0 Å². The summed E-state index contributed by atoms with van der Waals surface area (Å²) < 4.78 is 6.14. The van der Waals surface area contributed by atoms with Crippen LogP contribution < -0.4 is 15.4 Å². The van der Waals surface area contributed by atoms with Gasteiger partial charge in [0, 0.05) is 22.3 Å². The second kappa shape index (κ2) is 5.01. The minimum Gasteiger partial charge on any atom is -0.497 e. The van der Waals surface area contributed by atoms with Crippen LogP contribution in [-0.2, 0) is 0 Å². The van der Waals surface area contributed by atoms with Gasteiger partial charge in [-0.2, -0.15) is 0 Å². The lowest BCUT2D eigenvalue weighted by molar-refractivity contribution is 0.415. The third-order valence-electron chi connectivity index (χ3n) is 2.28. The van der Waals surface area contributed by atoms with Gasteiger partial charge >= 0.3 is 0 Å². The number of benzene rings is 1. The number of anilines is 1. The van der Waals surface area contributed by atoms with Crippen LogP contribution in [0.2, 0.25) is 0 Å². The zero-order valence-corrected chi connectivity index (χ0v) is 11.3. The first-order chi connectivity index (χ1) is 7.67. The number of methoxy groups -OCH3 is 1. The number of halogens is 1. The molecular formula is C11H13BrN2OS. The number of hydrogen-bond donors (Lipinski definition) is 2. The molecule has 0 unspecified atom stereocenters. The Bertz CT molecular complexity index is 407. The Labute approximate surface area is 109 Å². The number of thiocarbonyl (C=S) groups is 1. The van der Waals surface area contributed by atoms with Crippen molar-refractivity contribution in [2.24, 2.45) is 0 Å². The molecule has 2 N–H and O–H groups in total. The average Bonchev–Trinajstić information content (AvgIpc) is 3.00. The lowest BCUT2D eigenvalue weighted by atomic mass is 10.3. The molecule has 0 radical (unpaired) electrons. The zero-order valence-electron chi connectivity index (χ0n) is 8.92. The summed E-state index contributed by atoms with van der Waals surface area (Å²) in [6, 6.07) is 6.34. The maximum absolute atomic E-state index is 5.20. The van der Waals surface area contributed by atoms with Crippen LogP contribution in [0.15, 0.2) is 22.7 Å². The molecule has 16 heavy (non-hydrogen) atoms. The molecule has 2 rings (SSSR count). The molecule has 0 aromatic heterocycles. The van der Waals surface area contributed by atoms with Crippen LogP contribution in [0.3, 0.4) is 0 Å². The van der Waals surface area contributed by atoms with Crippen molar-refractivity contribution in [1.29, 1.82) is 0 Å². The summed E-state index contributed by atoms with van der Waals surface area (Å²) in [5.74, 6) is 0.797. The lowest BCUT2D eigenvalue weighted by Gasteiger charge is -2.11. The largest absolute Gasteiger partial charge is 0.497 e. The molecule has 0 bridgehead atoms. The Kier molecular flexibility index (Phi) is 3.66. The Morgan fingerprint density at radius 1 is 1.44 bits per heavy atom. The van der Waals surface area contributed by atoms with E-state index in [1.54, 1.807) is 7.11 Å². The normalized spacial score (nSPS) is 14.4. The predicted molar refractivity (Wildman–Crippen MR) is 73.1 cm³/mol. The van der Waals surface area contributed by atoms with E-state index < -0.39 is 0 Å². The molecule has 1 aromatic rings. The minimum absolute atomic E-state index is 0.564. The van der Waals surface area contributed by atoms with Crippen molar-refractivity contribution < 1.29 is 4.74 Å². The summed E-state index contributed by atoms with van der Waals surface area (Å²) in [4.78, 5) is 0. The molecule has 0 heterocycles. The average molecular weight is 301 g/mol. The highest BCUT2D eigenvalue weighted by Gasteiger charge is 2.21. The highest BCUT2D eigenvalue weighted by molar-refractivity contribution is 9.10. The van der Waals surface area contributed by atoms with E-state index in [1.807, 2.05) is 18.2 Å². The molecule has 1 aliphatic carbocycles. The molecule has 86 valence electrons. The van der Waals surface area contributed by atoms with Gasteiger partial charge in [0.2, 0.25) is 0 Å². The fourth-order valence-corrected chi connectivity index (χ4v) is 2.09. The van der Waals surface area contributed by atoms with Gasteiger partial charge in [0.1, 0.15) is 5.75 Å². The molecule has 1 aliphatic rings. The fraction of sp³-hybridized carbons (Fsp3) is 0.364. The van der Waals surface area contributed by atoms with Crippen molar-refractivity contribution in [3.63, 3.8) is 0 Å². The zero-order chi connectivity index (χ0) is 11.5. The van der Waals surface area contributed by atoms with Gasteiger partial charge in [0.15, 0.2) is 5.11 Å². The first-order valence-electron chi connectivity index (χ1n) is 5.09. The van der Waals surface area contributed by atoms with E-state index in [-0.39, 0.29) is 0 Å². The van der Waals surface area contributed by atoms with Gasteiger partial charge < -0.3 is 15.4 Å². The second-order valence-corrected chi connectivity index (χ2v) is 5.08. The van der Waals surface area contributed by atoms with Crippen LogP contribution in [0.5, 0.6) is 5.75 Å². The van der Waals surface area contributed by atoms with Crippen LogP contribution in [-0.4, -0.2) is 18.3 Å². The van der Waals surface area contributed by atoms with E-state index in [0.29, 0.717) is 11.2 Å². The molecule has 0 aliphatic heterocycles. The van der Waals surface area contributed by atoms with Crippen LogP contribution in [0, 0.1) is 0 Å². The molecular weight excluding hydrogens is 288 g/mol. The van der Waals surface area contributed by atoms with E-state index in [1.165, 1.54) is 12.8 Å². The number of nitrogens with one attached hydrogen (secondary N) is 2. The Morgan fingerprint density at radius 3 is 2.81 bits per heavy atom. The molecule has 0 spiro atoms. The van der Waals surface area contributed by atoms with Crippen molar-refractivity contribution in [1.82, 2.24) is 5.32 Å². The van der Waals surface area contributed by atoms with Crippen molar-refractivity contribution in [3.8, 4) is 5.75 Å². The maximum atomic E-state index is 5.20. The van der Waals surface area contributed by atoms with E-state index in [9.17, 15) is 0 Å². The Morgan fingerprint density at radius 2 is 2.19 bits per heavy atom. The van der Waals surface area contributed by atoms with Gasteiger partial charge in [-0.15, -0.1) is 0 Å². The first-order valence-corrected chi connectivity index (χ1v) is 6.29. The van der Waals surface area contributed by atoms with E-state index in [2.05, 4.69) is 26.6 Å². The topological polar surface area (TPSA) is 33.3 Å². The van der Waals surface area contributed by atoms with Gasteiger partial charge in [-0.1, -0.05) is 15.9 Å². The van der Waals surface area contributed by atoms with Crippen LogP contribution in [0.1, 0.15) is 12.8 Å². The highest BCUT2D eigenvalue weighted by Crippen LogP contribution is 2.25. The van der Waals surface area contributed by atoms with Gasteiger partial charge in [-0.05, 0) is 37.2 Å². The van der Waals surface area contributed by atoms with Gasteiger partial charge in [0.05, 0.1) is 7.11 Å². The Hall–Kier alpha value is -0.810. The molecule has 1 aromatic carbocycles. The van der Waals surface area contributed by atoms with E-state index >= 15 is 0 Å². The SMILES string of the molecule is COc1cc(Br)cc(NC(=S)NC2CC2)c1. The standard InChI is InChI=1S/C11H13BrN2OS/c1-15-10-5-7(12)4-9(6-10)14-11(16)13-8-2-3-8/h4-6,8H,2-3H2,1H3,(H2,13,14,16). The van der Waals surface area contributed by atoms with Crippen molar-refractivity contribution >= 4 is 38.9 Å². The van der Waals surface area contributed by atoms with Crippen LogP contribution in [0.25, 0.3) is 0 Å². The molecule has 0 atom stereocenters. The summed E-state index contributed by atoms with van der Waals surface area (Å²) in [7, 11) is 1.65. The number of rotatable bonds is 3. The van der Waals surface area contributed by atoms with E-state index in [4.69, 9.17) is 17.0 Å². The Balaban J connectivity index is 2.01. The summed E-state index contributed by atoms with van der Waals surface area (Å²) in [6.45, 7) is 0. The maximum Gasteiger partial charge on any atom is 0.170 e. The van der Waals surface area contributed by atoms with Crippen molar-refractivity contribution in [2.75, 3.05) is 12.4 Å². The quantitative estimate of drug-likeness (QED) is 0.841. The molecule has 0 amide bonds. The van der Waals surface area contributed by atoms with Crippen LogP contribution in [0.4, 0.5) is 5.69 Å². The second-order valence-electron chi connectivity index (χ2n) is 3.75. The monoisotopic (exact) mass is 300 g/mol. The summed E-state index contributed by atoms with van der Waals surface area (Å²) >= 11 is 8.62. The molecule has 1 saturated carbocycles. The first kappa shape index (κ1) is 11.7. The number of ether oxygens (including phenoxy) is 1. The highest BCUT2D eigenvalue weighted by atomic mass is 79.9. The summed E-state index contributed by atoms with van der Waals surface area (Å²) in [5.41, 5.74) is 0.921. The smallest absolute Gasteiger partial charge is 0.170 e. The summed E-state index contributed by atoms with van der Waals surface area (Å²) in [6.07, 6.45) is 2.42.